The van der Waals surface area contributed by atoms with Crippen molar-refractivity contribution in [3.8, 4) is 5.75 Å². The van der Waals surface area contributed by atoms with Gasteiger partial charge in [-0.25, -0.2) is 13.1 Å². The predicted octanol–water partition coefficient (Wildman–Crippen LogP) is 1.10. The van der Waals surface area contributed by atoms with E-state index in [1.54, 1.807) is 12.1 Å². The van der Waals surface area contributed by atoms with Gasteiger partial charge in [0.15, 0.2) is 0 Å². The molecule has 6 heteroatoms. The molecule has 1 aromatic carbocycles. The maximum Gasteiger partial charge on any atom is 0.244 e. The smallest absolute Gasteiger partial charge is 0.244 e. The van der Waals surface area contributed by atoms with Gasteiger partial charge in [-0.3, -0.25) is 0 Å². The average molecular weight is 272 g/mol. The van der Waals surface area contributed by atoms with Crippen molar-refractivity contribution >= 4 is 10.0 Å². The Kier molecular flexibility index (Phi) is 5.13. The Labute approximate surface area is 109 Å². The highest BCUT2D eigenvalue weighted by Gasteiger charge is 2.18. The van der Waals surface area contributed by atoms with Gasteiger partial charge < -0.3 is 10.1 Å². The SMILES string of the molecule is CNS(=O)(=O)c1cc(CNC(C)C)ccc1OC. The Morgan fingerprint density at radius 2 is 2.00 bits per heavy atom. The molecule has 0 unspecified atom stereocenters. The standard InChI is InChI=1S/C12H20N2O3S/c1-9(2)14-8-10-5-6-11(17-4)12(7-10)18(15,16)13-3/h5-7,9,13-14H,8H2,1-4H3. The van der Waals surface area contributed by atoms with Gasteiger partial charge in [-0.05, 0) is 24.7 Å². The molecule has 0 radical (unpaired) electrons. The van der Waals surface area contributed by atoms with Crippen molar-refractivity contribution in [2.75, 3.05) is 14.2 Å². The van der Waals surface area contributed by atoms with Gasteiger partial charge in [0.1, 0.15) is 10.6 Å². The molecule has 0 aliphatic rings. The normalized spacial score (nSPS) is 11.8. The third-order valence-corrected chi connectivity index (χ3v) is 3.94. The number of methoxy groups -OCH3 is 1. The zero-order valence-electron chi connectivity index (χ0n) is 11.1. The van der Waals surface area contributed by atoms with Gasteiger partial charge in [-0.1, -0.05) is 19.9 Å². The van der Waals surface area contributed by atoms with Crippen LogP contribution in [0.4, 0.5) is 0 Å². The van der Waals surface area contributed by atoms with Gasteiger partial charge in [0, 0.05) is 12.6 Å². The molecule has 2 N–H and O–H groups in total. The number of sulfonamides is 1. The molecular weight excluding hydrogens is 252 g/mol. The van der Waals surface area contributed by atoms with E-state index >= 15 is 0 Å². The molecule has 0 bridgehead atoms. The second kappa shape index (κ2) is 6.17. The van der Waals surface area contributed by atoms with E-state index < -0.39 is 10.0 Å². The summed E-state index contributed by atoms with van der Waals surface area (Å²) < 4.78 is 31.1. The highest BCUT2D eigenvalue weighted by Crippen LogP contribution is 2.24. The molecule has 0 aliphatic carbocycles. The Bertz CT molecular complexity index is 498. The van der Waals surface area contributed by atoms with E-state index in [4.69, 9.17) is 4.74 Å². The molecule has 1 aromatic rings. The molecule has 0 atom stereocenters. The zero-order valence-corrected chi connectivity index (χ0v) is 12.0. The van der Waals surface area contributed by atoms with Crippen molar-refractivity contribution in [2.45, 2.75) is 31.3 Å². The van der Waals surface area contributed by atoms with Crippen LogP contribution in [-0.4, -0.2) is 28.6 Å². The Morgan fingerprint density at radius 1 is 1.33 bits per heavy atom. The third-order valence-electron chi connectivity index (χ3n) is 2.50. The molecule has 0 aliphatic heterocycles. The summed E-state index contributed by atoms with van der Waals surface area (Å²) in [4.78, 5) is 0.163. The van der Waals surface area contributed by atoms with Gasteiger partial charge in [0.05, 0.1) is 7.11 Å². The summed E-state index contributed by atoms with van der Waals surface area (Å²) in [5.74, 6) is 0.345. The molecule has 5 nitrogen and oxygen atoms in total. The van der Waals surface area contributed by atoms with Crippen LogP contribution in [0.1, 0.15) is 19.4 Å². The first-order valence-electron chi connectivity index (χ1n) is 5.74. The van der Waals surface area contributed by atoms with E-state index in [9.17, 15) is 8.42 Å². The highest BCUT2D eigenvalue weighted by atomic mass is 32.2. The van der Waals surface area contributed by atoms with Crippen molar-refractivity contribution in [2.24, 2.45) is 0 Å². The van der Waals surface area contributed by atoms with Crippen molar-refractivity contribution in [3.05, 3.63) is 23.8 Å². The fourth-order valence-electron chi connectivity index (χ4n) is 1.47. The van der Waals surface area contributed by atoms with Crippen molar-refractivity contribution < 1.29 is 13.2 Å². The Hall–Kier alpha value is -1.11. The number of ether oxygens (including phenoxy) is 1. The maximum absolute atomic E-state index is 11.9. The second-order valence-corrected chi connectivity index (χ2v) is 6.08. The molecule has 0 aromatic heterocycles. The molecule has 0 spiro atoms. The molecular formula is C12H20N2O3S. The summed E-state index contributed by atoms with van der Waals surface area (Å²) in [6.45, 7) is 4.69. The quantitative estimate of drug-likeness (QED) is 0.814. The molecule has 18 heavy (non-hydrogen) atoms. The Balaban J connectivity index is 3.10. The van der Waals surface area contributed by atoms with Crippen LogP contribution in [0.25, 0.3) is 0 Å². The first-order chi connectivity index (χ1) is 8.40. The van der Waals surface area contributed by atoms with Crippen LogP contribution in [-0.2, 0) is 16.6 Å². The minimum absolute atomic E-state index is 0.163. The van der Waals surface area contributed by atoms with E-state index in [0.29, 0.717) is 18.3 Å². The van der Waals surface area contributed by atoms with E-state index in [-0.39, 0.29) is 4.90 Å². The summed E-state index contributed by atoms with van der Waals surface area (Å²) >= 11 is 0. The Morgan fingerprint density at radius 3 is 2.50 bits per heavy atom. The lowest BCUT2D eigenvalue weighted by Gasteiger charge is -2.12. The van der Waals surface area contributed by atoms with Crippen LogP contribution in [0.2, 0.25) is 0 Å². The largest absolute Gasteiger partial charge is 0.495 e. The van der Waals surface area contributed by atoms with E-state index in [2.05, 4.69) is 10.0 Å². The van der Waals surface area contributed by atoms with Gasteiger partial charge in [-0.2, -0.15) is 0 Å². The third kappa shape index (κ3) is 3.69. The number of benzene rings is 1. The summed E-state index contributed by atoms with van der Waals surface area (Å²) in [6.07, 6.45) is 0. The molecule has 1 rings (SSSR count). The zero-order chi connectivity index (χ0) is 13.8. The van der Waals surface area contributed by atoms with Crippen molar-refractivity contribution in [1.82, 2.24) is 10.0 Å². The molecule has 0 heterocycles. The minimum Gasteiger partial charge on any atom is -0.495 e. The van der Waals surface area contributed by atoms with Gasteiger partial charge in [0.2, 0.25) is 10.0 Å². The minimum atomic E-state index is -3.50. The summed E-state index contributed by atoms with van der Waals surface area (Å²) in [5, 5.41) is 3.24. The second-order valence-electron chi connectivity index (χ2n) is 4.23. The maximum atomic E-state index is 11.9. The molecule has 0 saturated carbocycles. The number of nitrogens with one attached hydrogen (secondary N) is 2. The lowest BCUT2D eigenvalue weighted by atomic mass is 10.2. The molecule has 0 saturated heterocycles. The van der Waals surface area contributed by atoms with E-state index in [0.717, 1.165) is 5.56 Å². The van der Waals surface area contributed by atoms with Gasteiger partial charge in [0.25, 0.3) is 0 Å². The van der Waals surface area contributed by atoms with Gasteiger partial charge >= 0.3 is 0 Å². The van der Waals surface area contributed by atoms with E-state index in [1.165, 1.54) is 14.2 Å². The van der Waals surface area contributed by atoms with Crippen LogP contribution in [0.3, 0.4) is 0 Å². The van der Waals surface area contributed by atoms with Crippen molar-refractivity contribution in [1.29, 1.82) is 0 Å². The number of rotatable bonds is 6. The first-order valence-corrected chi connectivity index (χ1v) is 7.23. The number of hydrogen-bond donors (Lipinski definition) is 2. The van der Waals surface area contributed by atoms with Crippen LogP contribution in [0.5, 0.6) is 5.75 Å². The monoisotopic (exact) mass is 272 g/mol. The fourth-order valence-corrected chi connectivity index (χ4v) is 2.42. The van der Waals surface area contributed by atoms with Crippen LogP contribution in [0, 0.1) is 0 Å². The van der Waals surface area contributed by atoms with Crippen LogP contribution in [0.15, 0.2) is 23.1 Å². The van der Waals surface area contributed by atoms with Crippen LogP contribution >= 0.6 is 0 Å². The summed E-state index contributed by atoms with van der Waals surface area (Å²) in [5.41, 5.74) is 0.901. The lowest BCUT2D eigenvalue weighted by Crippen LogP contribution is -2.23. The topological polar surface area (TPSA) is 67.4 Å². The summed E-state index contributed by atoms with van der Waals surface area (Å²) in [7, 11) is -0.668. The highest BCUT2D eigenvalue weighted by molar-refractivity contribution is 7.89. The number of hydrogen-bond acceptors (Lipinski definition) is 4. The molecule has 102 valence electrons. The first kappa shape index (κ1) is 14.9. The van der Waals surface area contributed by atoms with Crippen LogP contribution < -0.4 is 14.8 Å². The predicted molar refractivity (Wildman–Crippen MR) is 71.2 cm³/mol. The lowest BCUT2D eigenvalue weighted by molar-refractivity contribution is 0.402. The van der Waals surface area contributed by atoms with Gasteiger partial charge in [-0.15, -0.1) is 0 Å². The average Bonchev–Trinajstić information content (AvgIpc) is 2.36. The molecule has 0 amide bonds. The van der Waals surface area contributed by atoms with E-state index in [1.807, 2.05) is 19.9 Å². The fraction of sp³-hybridized carbons (Fsp3) is 0.500. The molecule has 0 fully saturated rings. The van der Waals surface area contributed by atoms with Crippen molar-refractivity contribution in [3.63, 3.8) is 0 Å². The summed E-state index contributed by atoms with van der Waals surface area (Å²) in [6, 6.07) is 5.49.